The van der Waals surface area contributed by atoms with Crippen molar-refractivity contribution >= 4 is 5.78 Å². The van der Waals surface area contributed by atoms with Gasteiger partial charge in [-0.05, 0) is 30.7 Å². The molecule has 0 bridgehead atoms. The van der Waals surface area contributed by atoms with Gasteiger partial charge >= 0.3 is 0 Å². The summed E-state index contributed by atoms with van der Waals surface area (Å²) in [6.45, 7) is 2.50. The first-order valence-electron chi connectivity index (χ1n) is 6.35. The number of rotatable bonds is 5. The highest BCUT2D eigenvalue weighted by Crippen LogP contribution is 2.19. The first-order chi connectivity index (χ1) is 9.63. The molecule has 0 aliphatic carbocycles. The summed E-state index contributed by atoms with van der Waals surface area (Å²) in [5, 5.41) is 0. The maximum atomic E-state index is 13.6. The molecule has 0 unspecified atom stereocenters. The van der Waals surface area contributed by atoms with Crippen LogP contribution in [0.15, 0.2) is 42.5 Å². The van der Waals surface area contributed by atoms with E-state index in [2.05, 4.69) is 0 Å². The molecule has 2 aromatic rings. The van der Waals surface area contributed by atoms with Crippen molar-refractivity contribution in [2.45, 2.75) is 13.3 Å². The van der Waals surface area contributed by atoms with E-state index >= 15 is 0 Å². The summed E-state index contributed by atoms with van der Waals surface area (Å²) in [6, 6.07) is 9.99. The number of ether oxygens (including phenoxy) is 1. The smallest absolute Gasteiger partial charge is 0.196 e. The maximum Gasteiger partial charge on any atom is 0.196 e. The first-order valence-corrected chi connectivity index (χ1v) is 6.35. The fourth-order valence-corrected chi connectivity index (χ4v) is 1.78. The van der Waals surface area contributed by atoms with E-state index in [1.165, 1.54) is 18.2 Å². The second-order valence-electron chi connectivity index (χ2n) is 4.31. The quantitative estimate of drug-likeness (QED) is 0.772. The van der Waals surface area contributed by atoms with Crippen molar-refractivity contribution in [3.8, 4) is 5.75 Å². The Morgan fingerprint density at radius 2 is 1.90 bits per heavy atom. The Morgan fingerprint density at radius 3 is 2.65 bits per heavy atom. The van der Waals surface area contributed by atoms with Gasteiger partial charge in [0.25, 0.3) is 0 Å². The Bertz CT molecular complexity index is 624. The Hall–Kier alpha value is -2.23. The third-order valence-electron chi connectivity index (χ3n) is 2.77. The average molecular weight is 276 g/mol. The van der Waals surface area contributed by atoms with Gasteiger partial charge in [-0.15, -0.1) is 0 Å². The van der Waals surface area contributed by atoms with Crippen LogP contribution in [0, 0.1) is 11.6 Å². The number of ketones is 1. The monoisotopic (exact) mass is 276 g/mol. The van der Waals surface area contributed by atoms with Crippen molar-refractivity contribution in [1.82, 2.24) is 0 Å². The van der Waals surface area contributed by atoms with E-state index in [4.69, 9.17) is 4.74 Å². The lowest BCUT2D eigenvalue weighted by atomic mass is 10.0. The molecule has 0 fully saturated rings. The van der Waals surface area contributed by atoms with Gasteiger partial charge < -0.3 is 4.74 Å². The number of carbonyl (C=O) groups is 1. The molecule has 0 N–H and O–H groups in total. The molecule has 0 amide bonds. The van der Waals surface area contributed by atoms with E-state index in [0.29, 0.717) is 12.4 Å². The SMILES string of the molecule is CCCOc1cccc(C(=O)c2cccc(F)c2F)c1. The van der Waals surface area contributed by atoms with Crippen LogP contribution in [0.1, 0.15) is 29.3 Å². The van der Waals surface area contributed by atoms with Crippen LogP contribution in [0.4, 0.5) is 8.78 Å². The number of hydrogen-bond donors (Lipinski definition) is 0. The molecule has 0 radical (unpaired) electrons. The number of benzene rings is 2. The molecular formula is C16H14F2O2. The molecule has 0 heterocycles. The van der Waals surface area contributed by atoms with Gasteiger partial charge in [0.2, 0.25) is 0 Å². The summed E-state index contributed by atoms with van der Waals surface area (Å²) >= 11 is 0. The summed E-state index contributed by atoms with van der Waals surface area (Å²) in [6.07, 6.45) is 0.844. The maximum absolute atomic E-state index is 13.6. The molecule has 4 heteroatoms. The van der Waals surface area contributed by atoms with E-state index in [1.807, 2.05) is 6.92 Å². The zero-order valence-electron chi connectivity index (χ0n) is 11.0. The second-order valence-corrected chi connectivity index (χ2v) is 4.31. The molecule has 2 nitrogen and oxygen atoms in total. The van der Waals surface area contributed by atoms with E-state index < -0.39 is 17.4 Å². The van der Waals surface area contributed by atoms with Gasteiger partial charge in [-0.25, -0.2) is 8.78 Å². The van der Waals surface area contributed by atoms with E-state index in [1.54, 1.807) is 18.2 Å². The van der Waals surface area contributed by atoms with Gasteiger partial charge in [-0.2, -0.15) is 0 Å². The van der Waals surface area contributed by atoms with E-state index in [0.717, 1.165) is 12.5 Å². The standard InChI is InChI=1S/C16H14F2O2/c1-2-9-20-12-6-3-5-11(10-12)16(19)13-7-4-8-14(17)15(13)18/h3-8,10H,2,9H2,1H3. The topological polar surface area (TPSA) is 26.3 Å². The van der Waals surface area contributed by atoms with Crippen LogP contribution in [-0.4, -0.2) is 12.4 Å². The lowest BCUT2D eigenvalue weighted by Gasteiger charge is -2.07. The third-order valence-corrected chi connectivity index (χ3v) is 2.77. The summed E-state index contributed by atoms with van der Waals surface area (Å²) in [7, 11) is 0. The molecule has 0 spiro atoms. The Kier molecular flexibility index (Phi) is 4.45. The molecule has 0 aliphatic rings. The van der Waals surface area contributed by atoms with Gasteiger partial charge in [-0.3, -0.25) is 4.79 Å². The van der Waals surface area contributed by atoms with Gasteiger partial charge in [0, 0.05) is 5.56 Å². The molecule has 2 aromatic carbocycles. The molecule has 0 atom stereocenters. The molecular weight excluding hydrogens is 262 g/mol. The van der Waals surface area contributed by atoms with Crippen LogP contribution in [0.25, 0.3) is 0 Å². The fraction of sp³-hybridized carbons (Fsp3) is 0.188. The van der Waals surface area contributed by atoms with Gasteiger partial charge in [-0.1, -0.05) is 25.1 Å². The summed E-state index contributed by atoms with van der Waals surface area (Å²) in [5.74, 6) is -2.19. The normalized spacial score (nSPS) is 10.3. The molecule has 2 rings (SSSR count). The summed E-state index contributed by atoms with van der Waals surface area (Å²) in [5.41, 5.74) is -0.0132. The predicted molar refractivity (Wildman–Crippen MR) is 72.0 cm³/mol. The predicted octanol–water partition coefficient (Wildman–Crippen LogP) is 3.98. The van der Waals surface area contributed by atoms with Gasteiger partial charge in [0.05, 0.1) is 12.2 Å². The Labute approximate surface area is 116 Å². The van der Waals surface area contributed by atoms with Crippen LogP contribution < -0.4 is 4.74 Å². The zero-order chi connectivity index (χ0) is 14.5. The van der Waals surface area contributed by atoms with Gasteiger partial charge in [0.1, 0.15) is 5.75 Å². The van der Waals surface area contributed by atoms with E-state index in [-0.39, 0.29) is 11.1 Å². The minimum atomic E-state index is -1.13. The number of hydrogen-bond acceptors (Lipinski definition) is 2. The Balaban J connectivity index is 2.31. The van der Waals surface area contributed by atoms with Crippen molar-refractivity contribution in [3.05, 3.63) is 65.2 Å². The summed E-state index contributed by atoms with van der Waals surface area (Å²) in [4.78, 5) is 12.2. The molecule has 0 aromatic heterocycles. The van der Waals surface area contributed by atoms with Gasteiger partial charge in [0.15, 0.2) is 17.4 Å². The largest absolute Gasteiger partial charge is 0.494 e. The third kappa shape index (κ3) is 3.02. The van der Waals surface area contributed by atoms with Crippen LogP contribution in [-0.2, 0) is 0 Å². The Morgan fingerprint density at radius 1 is 1.15 bits per heavy atom. The van der Waals surface area contributed by atoms with E-state index in [9.17, 15) is 13.6 Å². The second kappa shape index (κ2) is 6.28. The first kappa shape index (κ1) is 14.2. The number of carbonyl (C=O) groups excluding carboxylic acids is 1. The molecule has 20 heavy (non-hydrogen) atoms. The van der Waals surface area contributed by atoms with Crippen molar-refractivity contribution in [1.29, 1.82) is 0 Å². The highest BCUT2D eigenvalue weighted by Gasteiger charge is 2.17. The molecule has 0 aliphatic heterocycles. The van der Waals surface area contributed by atoms with Crippen LogP contribution >= 0.6 is 0 Å². The van der Waals surface area contributed by atoms with Crippen molar-refractivity contribution in [2.75, 3.05) is 6.61 Å². The zero-order valence-corrected chi connectivity index (χ0v) is 11.0. The van der Waals surface area contributed by atoms with Crippen molar-refractivity contribution in [2.24, 2.45) is 0 Å². The summed E-state index contributed by atoms with van der Waals surface area (Å²) < 4.78 is 32.2. The number of halogens is 2. The highest BCUT2D eigenvalue weighted by atomic mass is 19.2. The lowest BCUT2D eigenvalue weighted by Crippen LogP contribution is -2.06. The van der Waals surface area contributed by atoms with Crippen molar-refractivity contribution < 1.29 is 18.3 Å². The lowest BCUT2D eigenvalue weighted by molar-refractivity contribution is 0.103. The fourth-order valence-electron chi connectivity index (χ4n) is 1.78. The highest BCUT2D eigenvalue weighted by molar-refractivity contribution is 6.09. The van der Waals surface area contributed by atoms with Crippen LogP contribution in [0.2, 0.25) is 0 Å². The minimum absolute atomic E-state index is 0.267. The van der Waals surface area contributed by atoms with Crippen molar-refractivity contribution in [3.63, 3.8) is 0 Å². The molecule has 0 saturated heterocycles. The molecule has 104 valence electrons. The minimum Gasteiger partial charge on any atom is -0.494 e. The van der Waals surface area contributed by atoms with Crippen LogP contribution in [0.5, 0.6) is 5.75 Å². The van der Waals surface area contributed by atoms with Crippen LogP contribution in [0.3, 0.4) is 0 Å². The average Bonchev–Trinajstić information content (AvgIpc) is 2.47. The molecule has 0 saturated carbocycles.